The zero-order chi connectivity index (χ0) is 18.6. The molecule has 0 aliphatic carbocycles. The molecule has 1 amide bonds. The van der Waals surface area contributed by atoms with Gasteiger partial charge in [0.25, 0.3) is 0 Å². The number of rotatable bonds is 6. The molecule has 0 unspecified atom stereocenters. The Labute approximate surface area is 160 Å². The number of anilines is 2. The summed E-state index contributed by atoms with van der Waals surface area (Å²) >= 11 is 0. The van der Waals surface area contributed by atoms with Crippen molar-refractivity contribution < 1.29 is 4.79 Å². The molecule has 1 fully saturated rings. The maximum Gasteiger partial charge on any atom is 0.227 e. The molecular weight excluding hydrogens is 338 g/mol. The standard InChI is InChI=1S/C21H27N5O/c1-16-14-23-21(26-13-9-17-6-2-3-7-18(17)15-26)24-20(16)22-10-5-12-25-11-4-8-19(25)27/h2-3,6-7,14H,4-5,8-13,15H2,1H3,(H,22,23,24). The van der Waals surface area contributed by atoms with Crippen molar-refractivity contribution in [3.63, 3.8) is 0 Å². The van der Waals surface area contributed by atoms with Gasteiger partial charge in [-0.05, 0) is 37.3 Å². The fourth-order valence-electron chi connectivity index (χ4n) is 3.85. The van der Waals surface area contributed by atoms with Crippen LogP contribution in [0.4, 0.5) is 11.8 Å². The van der Waals surface area contributed by atoms with Gasteiger partial charge in [0.15, 0.2) is 0 Å². The number of hydrogen-bond donors (Lipinski definition) is 1. The van der Waals surface area contributed by atoms with Crippen molar-refractivity contribution in [3.8, 4) is 0 Å². The van der Waals surface area contributed by atoms with Crippen LogP contribution in [-0.4, -0.2) is 47.0 Å². The van der Waals surface area contributed by atoms with Crippen LogP contribution in [0.2, 0.25) is 0 Å². The van der Waals surface area contributed by atoms with E-state index in [2.05, 4.69) is 39.5 Å². The predicted octanol–water partition coefficient (Wildman–Crippen LogP) is 2.77. The highest BCUT2D eigenvalue weighted by atomic mass is 16.2. The first-order valence-electron chi connectivity index (χ1n) is 9.88. The van der Waals surface area contributed by atoms with Gasteiger partial charge in [0.1, 0.15) is 5.82 Å². The van der Waals surface area contributed by atoms with E-state index < -0.39 is 0 Å². The summed E-state index contributed by atoms with van der Waals surface area (Å²) in [5.74, 6) is 1.97. The summed E-state index contributed by atoms with van der Waals surface area (Å²) in [6.07, 6.45) is 5.57. The topological polar surface area (TPSA) is 61.4 Å². The summed E-state index contributed by atoms with van der Waals surface area (Å²) in [6, 6.07) is 8.60. The summed E-state index contributed by atoms with van der Waals surface area (Å²) in [5, 5.41) is 3.43. The quantitative estimate of drug-likeness (QED) is 0.798. The molecule has 1 N–H and O–H groups in total. The maximum atomic E-state index is 11.7. The number of nitrogens with zero attached hydrogens (tertiary/aromatic N) is 4. The van der Waals surface area contributed by atoms with Crippen LogP contribution >= 0.6 is 0 Å². The zero-order valence-electron chi connectivity index (χ0n) is 15.9. The van der Waals surface area contributed by atoms with Crippen LogP contribution in [0.1, 0.15) is 36.0 Å². The molecular formula is C21H27N5O. The van der Waals surface area contributed by atoms with Crippen LogP contribution in [0.15, 0.2) is 30.5 Å². The number of nitrogens with one attached hydrogen (secondary N) is 1. The number of fused-ring (bicyclic) bond motifs is 1. The number of carbonyl (C=O) groups is 1. The number of likely N-dealkylation sites (tertiary alicyclic amines) is 1. The smallest absolute Gasteiger partial charge is 0.227 e. The van der Waals surface area contributed by atoms with Crippen molar-refractivity contribution in [1.29, 1.82) is 0 Å². The molecule has 4 rings (SSSR count). The fourth-order valence-corrected chi connectivity index (χ4v) is 3.85. The molecule has 27 heavy (non-hydrogen) atoms. The van der Waals surface area contributed by atoms with Crippen LogP contribution in [0.3, 0.4) is 0 Å². The van der Waals surface area contributed by atoms with Crippen LogP contribution < -0.4 is 10.2 Å². The summed E-state index contributed by atoms with van der Waals surface area (Å²) in [6.45, 7) is 6.37. The number of carbonyl (C=O) groups excluding carboxylic acids is 1. The van der Waals surface area contributed by atoms with E-state index in [4.69, 9.17) is 4.98 Å². The van der Waals surface area contributed by atoms with Crippen molar-refractivity contribution in [1.82, 2.24) is 14.9 Å². The van der Waals surface area contributed by atoms with Gasteiger partial charge in [-0.2, -0.15) is 4.98 Å². The lowest BCUT2D eigenvalue weighted by molar-refractivity contribution is -0.127. The van der Waals surface area contributed by atoms with Crippen molar-refractivity contribution in [2.24, 2.45) is 0 Å². The van der Waals surface area contributed by atoms with E-state index >= 15 is 0 Å². The van der Waals surface area contributed by atoms with Crippen molar-refractivity contribution >= 4 is 17.7 Å². The molecule has 1 saturated heterocycles. The summed E-state index contributed by atoms with van der Waals surface area (Å²) in [7, 11) is 0. The molecule has 0 saturated carbocycles. The highest BCUT2D eigenvalue weighted by Crippen LogP contribution is 2.23. The largest absolute Gasteiger partial charge is 0.370 e. The van der Waals surface area contributed by atoms with E-state index in [9.17, 15) is 4.79 Å². The van der Waals surface area contributed by atoms with E-state index in [-0.39, 0.29) is 0 Å². The molecule has 2 aromatic rings. The Morgan fingerprint density at radius 3 is 2.81 bits per heavy atom. The number of benzene rings is 1. The molecule has 1 aromatic heterocycles. The Morgan fingerprint density at radius 1 is 1.15 bits per heavy atom. The molecule has 1 aromatic carbocycles. The monoisotopic (exact) mass is 365 g/mol. The van der Waals surface area contributed by atoms with Gasteiger partial charge in [-0.15, -0.1) is 0 Å². The van der Waals surface area contributed by atoms with E-state index in [0.29, 0.717) is 12.3 Å². The average molecular weight is 365 g/mol. The van der Waals surface area contributed by atoms with E-state index in [1.54, 1.807) is 0 Å². The number of aromatic nitrogens is 2. The van der Waals surface area contributed by atoms with Crippen molar-refractivity contribution in [2.45, 2.75) is 39.2 Å². The second-order valence-electron chi connectivity index (χ2n) is 7.41. The molecule has 3 heterocycles. The van der Waals surface area contributed by atoms with Gasteiger partial charge in [0.05, 0.1) is 0 Å². The second-order valence-corrected chi connectivity index (χ2v) is 7.41. The normalized spacial score (nSPS) is 16.6. The summed E-state index contributed by atoms with van der Waals surface area (Å²) < 4.78 is 0. The fraction of sp³-hybridized carbons (Fsp3) is 0.476. The van der Waals surface area contributed by atoms with Gasteiger partial charge in [-0.1, -0.05) is 24.3 Å². The molecule has 6 nitrogen and oxygen atoms in total. The lowest BCUT2D eigenvalue weighted by Gasteiger charge is -2.29. The minimum Gasteiger partial charge on any atom is -0.370 e. The van der Waals surface area contributed by atoms with Gasteiger partial charge in [0.2, 0.25) is 11.9 Å². The first-order chi connectivity index (χ1) is 13.2. The van der Waals surface area contributed by atoms with E-state index in [1.165, 1.54) is 11.1 Å². The minimum absolute atomic E-state index is 0.292. The van der Waals surface area contributed by atoms with Crippen molar-refractivity contribution in [2.75, 3.05) is 36.4 Å². The maximum absolute atomic E-state index is 11.7. The van der Waals surface area contributed by atoms with Gasteiger partial charge < -0.3 is 15.1 Å². The number of hydrogen-bond acceptors (Lipinski definition) is 5. The predicted molar refractivity (Wildman–Crippen MR) is 107 cm³/mol. The Hall–Kier alpha value is -2.63. The molecule has 0 bridgehead atoms. The van der Waals surface area contributed by atoms with Crippen LogP contribution in [0.25, 0.3) is 0 Å². The molecule has 2 aliphatic heterocycles. The third-order valence-corrected chi connectivity index (χ3v) is 5.44. The first-order valence-corrected chi connectivity index (χ1v) is 9.88. The Bertz CT molecular complexity index is 822. The molecule has 0 atom stereocenters. The second kappa shape index (κ2) is 7.94. The number of amides is 1. The Balaban J connectivity index is 1.36. The molecule has 6 heteroatoms. The van der Waals surface area contributed by atoms with Crippen LogP contribution in [0.5, 0.6) is 0 Å². The highest BCUT2D eigenvalue weighted by molar-refractivity contribution is 5.78. The van der Waals surface area contributed by atoms with Gasteiger partial charge >= 0.3 is 0 Å². The molecule has 0 spiro atoms. The third kappa shape index (κ3) is 4.04. The Morgan fingerprint density at radius 2 is 2.00 bits per heavy atom. The van der Waals surface area contributed by atoms with E-state index in [1.807, 2.05) is 18.0 Å². The minimum atomic E-state index is 0.292. The van der Waals surface area contributed by atoms with Crippen LogP contribution in [-0.2, 0) is 17.8 Å². The third-order valence-electron chi connectivity index (χ3n) is 5.44. The van der Waals surface area contributed by atoms with Gasteiger partial charge in [0, 0.05) is 50.9 Å². The van der Waals surface area contributed by atoms with Crippen LogP contribution in [0, 0.1) is 6.92 Å². The summed E-state index contributed by atoms with van der Waals surface area (Å²) in [5.41, 5.74) is 3.83. The lowest BCUT2D eigenvalue weighted by atomic mass is 10.0. The Kier molecular flexibility index (Phi) is 5.23. The average Bonchev–Trinajstić information content (AvgIpc) is 3.11. The molecule has 142 valence electrons. The van der Waals surface area contributed by atoms with E-state index in [0.717, 1.165) is 69.3 Å². The highest BCUT2D eigenvalue weighted by Gasteiger charge is 2.20. The first kappa shape index (κ1) is 17.8. The molecule has 2 aliphatic rings. The van der Waals surface area contributed by atoms with Gasteiger partial charge in [-0.3, -0.25) is 4.79 Å². The summed E-state index contributed by atoms with van der Waals surface area (Å²) in [4.78, 5) is 25.2. The zero-order valence-corrected chi connectivity index (χ0v) is 15.9. The van der Waals surface area contributed by atoms with Gasteiger partial charge in [-0.25, -0.2) is 4.98 Å². The van der Waals surface area contributed by atoms with Crippen molar-refractivity contribution in [3.05, 3.63) is 47.2 Å². The molecule has 0 radical (unpaired) electrons. The number of aryl methyl sites for hydroxylation is 1. The SMILES string of the molecule is Cc1cnc(N2CCc3ccccc3C2)nc1NCCCN1CCCC1=O. The lowest BCUT2D eigenvalue weighted by Crippen LogP contribution is -2.32.